The zero-order valence-electron chi connectivity index (χ0n) is 13.6. The van der Waals surface area contributed by atoms with Crippen LogP contribution in [0.3, 0.4) is 0 Å². The third kappa shape index (κ3) is 4.12. The number of likely N-dealkylation sites (tertiary alicyclic amines) is 1. The first kappa shape index (κ1) is 17.3. The smallest absolute Gasteiger partial charge is 0.256 e. The number of rotatable bonds is 4. The molecule has 0 atom stereocenters. The van der Waals surface area contributed by atoms with Gasteiger partial charge in [0.15, 0.2) is 0 Å². The second-order valence-electron chi connectivity index (χ2n) is 6.36. The first-order valence-electron chi connectivity index (χ1n) is 8.42. The van der Waals surface area contributed by atoms with Crippen molar-refractivity contribution in [3.8, 4) is 0 Å². The Hall–Kier alpha value is -1.51. The summed E-state index contributed by atoms with van der Waals surface area (Å²) in [4.78, 5) is 14.6. The molecule has 1 amide bonds. The van der Waals surface area contributed by atoms with Gasteiger partial charge in [-0.3, -0.25) is 4.79 Å². The first-order valence-corrected chi connectivity index (χ1v) is 9.18. The molecule has 0 saturated carbocycles. The third-order valence-corrected chi connectivity index (χ3v) is 5.39. The standard InChI is InChI=1S/C20H21Cl2NO/c21-17-7-4-8-18(22)19(17)20(24)23-13-11-16(12-14-23)10-9-15-5-2-1-3-6-15/h1-8,16H,9-14H2. The van der Waals surface area contributed by atoms with Crippen molar-refractivity contribution in [2.45, 2.75) is 25.7 Å². The Morgan fingerprint density at radius 3 is 2.21 bits per heavy atom. The number of carbonyl (C=O) groups excluding carboxylic acids is 1. The van der Waals surface area contributed by atoms with E-state index in [1.807, 2.05) is 11.0 Å². The molecule has 1 aliphatic heterocycles. The second kappa shape index (κ2) is 8.04. The zero-order valence-corrected chi connectivity index (χ0v) is 15.1. The van der Waals surface area contributed by atoms with E-state index in [4.69, 9.17) is 23.2 Å². The van der Waals surface area contributed by atoms with Gasteiger partial charge in [-0.15, -0.1) is 0 Å². The number of amides is 1. The van der Waals surface area contributed by atoms with Crippen molar-refractivity contribution in [3.63, 3.8) is 0 Å². The van der Waals surface area contributed by atoms with Crippen molar-refractivity contribution in [2.24, 2.45) is 5.92 Å². The summed E-state index contributed by atoms with van der Waals surface area (Å²) in [7, 11) is 0. The van der Waals surface area contributed by atoms with Crippen LogP contribution in [0.15, 0.2) is 48.5 Å². The van der Waals surface area contributed by atoms with Crippen LogP contribution in [-0.2, 0) is 6.42 Å². The van der Waals surface area contributed by atoms with Gasteiger partial charge in [0.1, 0.15) is 0 Å². The zero-order chi connectivity index (χ0) is 16.9. The second-order valence-corrected chi connectivity index (χ2v) is 7.17. The van der Waals surface area contributed by atoms with Crippen LogP contribution >= 0.6 is 23.2 Å². The quantitative estimate of drug-likeness (QED) is 0.705. The molecule has 0 spiro atoms. The minimum atomic E-state index is -0.0490. The van der Waals surface area contributed by atoms with Crippen LogP contribution in [-0.4, -0.2) is 23.9 Å². The summed E-state index contributed by atoms with van der Waals surface area (Å²) in [5.41, 5.74) is 1.82. The number of carbonyl (C=O) groups is 1. The monoisotopic (exact) mass is 361 g/mol. The molecule has 0 aliphatic carbocycles. The van der Waals surface area contributed by atoms with Crippen molar-refractivity contribution in [2.75, 3.05) is 13.1 Å². The fourth-order valence-corrected chi connectivity index (χ4v) is 3.86. The van der Waals surface area contributed by atoms with E-state index in [-0.39, 0.29) is 5.91 Å². The Morgan fingerprint density at radius 2 is 1.58 bits per heavy atom. The van der Waals surface area contributed by atoms with E-state index in [1.165, 1.54) is 12.0 Å². The molecule has 4 heteroatoms. The highest BCUT2D eigenvalue weighted by molar-refractivity contribution is 6.39. The molecule has 1 saturated heterocycles. The molecular formula is C20H21Cl2NO. The summed E-state index contributed by atoms with van der Waals surface area (Å²) in [6.07, 6.45) is 4.37. The molecule has 24 heavy (non-hydrogen) atoms. The van der Waals surface area contributed by atoms with Crippen molar-refractivity contribution in [3.05, 3.63) is 69.7 Å². The van der Waals surface area contributed by atoms with Crippen LogP contribution in [0.5, 0.6) is 0 Å². The summed E-state index contributed by atoms with van der Waals surface area (Å²) in [5.74, 6) is 0.628. The average molecular weight is 362 g/mol. The van der Waals surface area contributed by atoms with Crippen molar-refractivity contribution in [1.82, 2.24) is 4.90 Å². The molecule has 1 heterocycles. The highest BCUT2D eigenvalue weighted by Gasteiger charge is 2.26. The highest BCUT2D eigenvalue weighted by Crippen LogP contribution is 2.28. The molecule has 126 valence electrons. The summed E-state index contributed by atoms with van der Waals surface area (Å²) in [6, 6.07) is 15.8. The van der Waals surface area contributed by atoms with E-state index < -0.39 is 0 Å². The summed E-state index contributed by atoms with van der Waals surface area (Å²) >= 11 is 12.3. The van der Waals surface area contributed by atoms with E-state index in [1.54, 1.807) is 18.2 Å². The molecule has 2 aromatic carbocycles. The van der Waals surface area contributed by atoms with Crippen LogP contribution in [0.4, 0.5) is 0 Å². The van der Waals surface area contributed by atoms with Gasteiger partial charge in [-0.25, -0.2) is 0 Å². The number of nitrogens with zero attached hydrogens (tertiary/aromatic N) is 1. The number of benzene rings is 2. The maximum Gasteiger partial charge on any atom is 0.256 e. The van der Waals surface area contributed by atoms with Gasteiger partial charge >= 0.3 is 0 Å². The molecular weight excluding hydrogens is 341 g/mol. The van der Waals surface area contributed by atoms with Gasteiger partial charge in [0.05, 0.1) is 15.6 Å². The maximum atomic E-state index is 12.7. The summed E-state index contributed by atoms with van der Waals surface area (Å²) in [6.45, 7) is 1.56. The topological polar surface area (TPSA) is 20.3 Å². The molecule has 3 rings (SSSR count). The lowest BCUT2D eigenvalue weighted by atomic mass is 9.90. The van der Waals surface area contributed by atoms with E-state index in [9.17, 15) is 4.79 Å². The fraction of sp³-hybridized carbons (Fsp3) is 0.350. The predicted octanol–water partition coefficient (Wildman–Crippen LogP) is 5.48. The number of piperidine rings is 1. The molecule has 2 nitrogen and oxygen atoms in total. The van der Waals surface area contributed by atoms with E-state index in [0.29, 0.717) is 21.5 Å². The van der Waals surface area contributed by atoms with Crippen LogP contribution < -0.4 is 0 Å². The Kier molecular flexibility index (Phi) is 5.80. The van der Waals surface area contributed by atoms with Crippen LogP contribution in [0.25, 0.3) is 0 Å². The molecule has 0 radical (unpaired) electrons. The van der Waals surface area contributed by atoms with Gasteiger partial charge in [0, 0.05) is 13.1 Å². The van der Waals surface area contributed by atoms with Crippen molar-refractivity contribution >= 4 is 29.1 Å². The summed E-state index contributed by atoms with van der Waals surface area (Å²) < 4.78 is 0. The number of halogens is 2. The van der Waals surface area contributed by atoms with Crippen LogP contribution in [0.2, 0.25) is 10.0 Å². The lowest BCUT2D eigenvalue weighted by molar-refractivity contribution is 0.0687. The largest absolute Gasteiger partial charge is 0.339 e. The minimum absolute atomic E-state index is 0.0490. The fourth-order valence-electron chi connectivity index (χ4n) is 3.30. The first-order chi connectivity index (χ1) is 11.6. The van der Waals surface area contributed by atoms with Gasteiger partial charge in [0.2, 0.25) is 0 Å². The molecule has 0 aromatic heterocycles. The highest BCUT2D eigenvalue weighted by atomic mass is 35.5. The molecule has 2 aromatic rings. The number of aryl methyl sites for hydroxylation is 1. The van der Waals surface area contributed by atoms with E-state index >= 15 is 0 Å². The van der Waals surface area contributed by atoms with Crippen molar-refractivity contribution in [1.29, 1.82) is 0 Å². The molecule has 0 bridgehead atoms. The predicted molar refractivity (Wildman–Crippen MR) is 99.9 cm³/mol. The van der Waals surface area contributed by atoms with Gasteiger partial charge in [-0.2, -0.15) is 0 Å². The Bertz CT molecular complexity index is 674. The van der Waals surface area contributed by atoms with E-state index in [2.05, 4.69) is 24.3 Å². The lowest BCUT2D eigenvalue weighted by Crippen LogP contribution is -2.38. The number of hydrogen-bond acceptors (Lipinski definition) is 1. The summed E-state index contributed by atoms with van der Waals surface area (Å²) in [5, 5.41) is 0.859. The number of hydrogen-bond donors (Lipinski definition) is 0. The lowest BCUT2D eigenvalue weighted by Gasteiger charge is -2.32. The molecule has 1 aliphatic rings. The molecule has 0 N–H and O–H groups in total. The molecule has 0 unspecified atom stereocenters. The minimum Gasteiger partial charge on any atom is -0.339 e. The Morgan fingerprint density at radius 1 is 0.958 bits per heavy atom. The molecule has 1 fully saturated rings. The maximum absolute atomic E-state index is 12.7. The van der Waals surface area contributed by atoms with Gasteiger partial charge < -0.3 is 4.90 Å². The van der Waals surface area contributed by atoms with Crippen LogP contribution in [0, 0.1) is 5.92 Å². The van der Waals surface area contributed by atoms with Crippen molar-refractivity contribution < 1.29 is 4.79 Å². The Balaban J connectivity index is 1.54. The van der Waals surface area contributed by atoms with Gasteiger partial charge in [-0.05, 0) is 49.3 Å². The average Bonchev–Trinajstić information content (AvgIpc) is 2.61. The van der Waals surface area contributed by atoms with E-state index in [0.717, 1.165) is 32.4 Å². The third-order valence-electron chi connectivity index (χ3n) is 4.76. The normalized spacial score (nSPS) is 15.5. The Labute approximate surface area is 153 Å². The van der Waals surface area contributed by atoms with Gasteiger partial charge in [0.25, 0.3) is 5.91 Å². The van der Waals surface area contributed by atoms with Gasteiger partial charge in [-0.1, -0.05) is 59.6 Å². The van der Waals surface area contributed by atoms with Crippen LogP contribution in [0.1, 0.15) is 35.2 Å². The SMILES string of the molecule is O=C(c1c(Cl)cccc1Cl)N1CCC(CCc2ccccc2)CC1.